The van der Waals surface area contributed by atoms with Crippen molar-refractivity contribution in [3.8, 4) is 5.75 Å². The zero-order valence-electron chi connectivity index (χ0n) is 17.2. The van der Waals surface area contributed by atoms with Gasteiger partial charge in [0.15, 0.2) is 6.10 Å². The number of nitrogens with zero attached hydrogens (tertiary/aromatic N) is 3. The third-order valence-corrected chi connectivity index (χ3v) is 5.51. The van der Waals surface area contributed by atoms with Gasteiger partial charge in [-0.2, -0.15) is 0 Å². The van der Waals surface area contributed by atoms with Crippen LogP contribution in [0.3, 0.4) is 0 Å². The smallest absolute Gasteiger partial charge is 0.263 e. The van der Waals surface area contributed by atoms with Gasteiger partial charge in [-0.1, -0.05) is 30.3 Å². The molecule has 4 rings (SSSR count). The maximum absolute atomic E-state index is 13.1. The third-order valence-electron chi connectivity index (χ3n) is 5.51. The quantitative estimate of drug-likeness (QED) is 0.670. The van der Waals surface area contributed by atoms with E-state index in [0.29, 0.717) is 30.9 Å². The van der Waals surface area contributed by atoms with Crippen molar-refractivity contribution >= 4 is 22.6 Å². The monoisotopic (exact) mass is 403 g/mol. The summed E-state index contributed by atoms with van der Waals surface area (Å²) >= 11 is 0. The zero-order valence-corrected chi connectivity index (χ0v) is 17.2. The van der Waals surface area contributed by atoms with E-state index < -0.39 is 6.10 Å². The standard InChI is InChI=1S/C24H25N3O3/c1-17-16-26(24(29)19-7-4-3-5-8-19)13-14-27(17)23(28)18(2)30-22-10-6-9-20-15-25-12-11-21(20)22/h3-12,15,17-18H,13-14,16H2,1-2H3/t17-,18+/m1/s1. The molecule has 0 spiro atoms. The molecular formula is C24H25N3O3. The lowest BCUT2D eigenvalue weighted by atomic mass is 10.1. The van der Waals surface area contributed by atoms with Crippen molar-refractivity contribution in [2.24, 2.45) is 0 Å². The number of fused-ring (bicyclic) bond motifs is 1. The van der Waals surface area contributed by atoms with Crippen molar-refractivity contribution in [3.05, 3.63) is 72.6 Å². The first kappa shape index (κ1) is 19.9. The summed E-state index contributed by atoms with van der Waals surface area (Å²) in [6.45, 7) is 5.25. The molecule has 30 heavy (non-hydrogen) atoms. The lowest BCUT2D eigenvalue weighted by Crippen LogP contribution is -2.57. The van der Waals surface area contributed by atoms with Gasteiger partial charge in [-0.15, -0.1) is 0 Å². The Morgan fingerprint density at radius 1 is 1.07 bits per heavy atom. The average Bonchev–Trinajstić information content (AvgIpc) is 2.79. The number of benzene rings is 2. The summed E-state index contributed by atoms with van der Waals surface area (Å²) in [6.07, 6.45) is 2.87. The highest BCUT2D eigenvalue weighted by Gasteiger charge is 2.33. The van der Waals surface area contributed by atoms with Crippen molar-refractivity contribution in [2.45, 2.75) is 26.0 Å². The van der Waals surface area contributed by atoms with Gasteiger partial charge in [-0.05, 0) is 38.1 Å². The van der Waals surface area contributed by atoms with Crippen LogP contribution in [0.1, 0.15) is 24.2 Å². The number of amides is 2. The second-order valence-corrected chi connectivity index (χ2v) is 7.61. The van der Waals surface area contributed by atoms with Crippen LogP contribution in [0.5, 0.6) is 5.75 Å². The summed E-state index contributed by atoms with van der Waals surface area (Å²) in [6, 6.07) is 16.8. The van der Waals surface area contributed by atoms with E-state index in [4.69, 9.17) is 4.74 Å². The van der Waals surface area contributed by atoms with Gasteiger partial charge in [-0.3, -0.25) is 14.6 Å². The Kier molecular flexibility index (Phi) is 5.65. The SMILES string of the molecule is C[C@H](Oc1cccc2cnccc12)C(=O)N1CCN(C(=O)c2ccccc2)C[C@H]1C. The van der Waals surface area contributed by atoms with Crippen LogP contribution in [-0.2, 0) is 4.79 Å². The lowest BCUT2D eigenvalue weighted by molar-refractivity contribution is -0.142. The molecule has 1 aliphatic heterocycles. The maximum Gasteiger partial charge on any atom is 0.263 e. The Balaban J connectivity index is 1.42. The molecule has 2 aromatic carbocycles. The number of ether oxygens (including phenoxy) is 1. The number of carbonyl (C=O) groups excluding carboxylic acids is 2. The predicted molar refractivity (Wildman–Crippen MR) is 115 cm³/mol. The number of aromatic nitrogens is 1. The van der Waals surface area contributed by atoms with E-state index in [1.165, 1.54) is 0 Å². The van der Waals surface area contributed by atoms with Gasteiger partial charge < -0.3 is 14.5 Å². The highest BCUT2D eigenvalue weighted by Crippen LogP contribution is 2.26. The fourth-order valence-corrected chi connectivity index (χ4v) is 3.90. The lowest BCUT2D eigenvalue weighted by Gasteiger charge is -2.40. The van der Waals surface area contributed by atoms with Gasteiger partial charge in [0, 0.05) is 54.4 Å². The molecule has 2 atom stereocenters. The largest absolute Gasteiger partial charge is 0.480 e. The molecular weight excluding hydrogens is 378 g/mol. The number of rotatable bonds is 4. The molecule has 1 aromatic heterocycles. The Morgan fingerprint density at radius 3 is 2.63 bits per heavy atom. The van der Waals surface area contributed by atoms with E-state index >= 15 is 0 Å². The molecule has 6 heteroatoms. The molecule has 1 fully saturated rings. The molecule has 1 saturated heterocycles. The van der Waals surface area contributed by atoms with E-state index in [1.54, 1.807) is 19.3 Å². The minimum atomic E-state index is -0.623. The molecule has 0 saturated carbocycles. The van der Waals surface area contributed by atoms with Crippen molar-refractivity contribution in [3.63, 3.8) is 0 Å². The Morgan fingerprint density at radius 2 is 1.87 bits per heavy atom. The van der Waals surface area contributed by atoms with Crippen LogP contribution in [0.15, 0.2) is 67.0 Å². The van der Waals surface area contributed by atoms with Crippen LogP contribution < -0.4 is 4.74 Å². The first-order valence-electron chi connectivity index (χ1n) is 10.2. The Hall–Kier alpha value is -3.41. The van der Waals surface area contributed by atoms with Gasteiger partial charge in [-0.25, -0.2) is 0 Å². The van der Waals surface area contributed by atoms with Gasteiger partial charge >= 0.3 is 0 Å². The Labute approximate surface area is 176 Å². The van der Waals surface area contributed by atoms with Crippen LogP contribution in [0.2, 0.25) is 0 Å². The molecule has 0 radical (unpaired) electrons. The molecule has 6 nitrogen and oxygen atoms in total. The third kappa shape index (κ3) is 3.99. The summed E-state index contributed by atoms with van der Waals surface area (Å²) in [7, 11) is 0. The van der Waals surface area contributed by atoms with Gasteiger partial charge in [0.2, 0.25) is 0 Å². The van der Waals surface area contributed by atoms with Crippen molar-refractivity contribution in [1.29, 1.82) is 0 Å². The summed E-state index contributed by atoms with van der Waals surface area (Å²) in [5.41, 5.74) is 0.673. The number of pyridine rings is 1. The molecule has 1 aliphatic rings. The van der Waals surface area contributed by atoms with Gasteiger partial charge in [0.05, 0.1) is 0 Å². The normalized spacial score (nSPS) is 17.6. The molecule has 2 heterocycles. The minimum Gasteiger partial charge on any atom is -0.480 e. The maximum atomic E-state index is 13.1. The molecule has 3 aromatic rings. The summed E-state index contributed by atoms with van der Waals surface area (Å²) in [4.78, 5) is 33.6. The highest BCUT2D eigenvalue weighted by atomic mass is 16.5. The predicted octanol–water partition coefficient (Wildman–Crippen LogP) is 3.38. The van der Waals surface area contributed by atoms with Crippen LogP contribution >= 0.6 is 0 Å². The summed E-state index contributed by atoms with van der Waals surface area (Å²) in [5, 5.41) is 1.90. The first-order chi connectivity index (χ1) is 14.5. The fourth-order valence-electron chi connectivity index (χ4n) is 3.90. The number of hydrogen-bond acceptors (Lipinski definition) is 4. The molecule has 2 amide bonds. The highest BCUT2D eigenvalue weighted by molar-refractivity contribution is 5.94. The molecule has 0 N–H and O–H groups in total. The first-order valence-corrected chi connectivity index (χ1v) is 10.2. The second kappa shape index (κ2) is 8.53. The number of hydrogen-bond donors (Lipinski definition) is 0. The van der Waals surface area contributed by atoms with E-state index in [2.05, 4.69) is 4.98 Å². The average molecular weight is 403 g/mol. The number of piperazine rings is 1. The van der Waals surface area contributed by atoms with Crippen molar-refractivity contribution in [2.75, 3.05) is 19.6 Å². The van der Waals surface area contributed by atoms with Crippen molar-refractivity contribution < 1.29 is 14.3 Å². The van der Waals surface area contributed by atoms with Crippen LogP contribution in [-0.4, -0.2) is 58.4 Å². The van der Waals surface area contributed by atoms with Gasteiger partial charge in [0.1, 0.15) is 5.75 Å². The molecule has 0 bridgehead atoms. The van der Waals surface area contributed by atoms with E-state index in [1.807, 2.05) is 71.3 Å². The minimum absolute atomic E-state index is 0.00297. The molecule has 0 unspecified atom stereocenters. The number of carbonyl (C=O) groups is 2. The van der Waals surface area contributed by atoms with Crippen LogP contribution in [0.4, 0.5) is 0 Å². The van der Waals surface area contributed by atoms with E-state index in [0.717, 1.165) is 10.8 Å². The van der Waals surface area contributed by atoms with Crippen LogP contribution in [0, 0.1) is 0 Å². The topological polar surface area (TPSA) is 62.7 Å². The summed E-state index contributed by atoms with van der Waals surface area (Å²) < 4.78 is 6.04. The van der Waals surface area contributed by atoms with E-state index in [-0.39, 0.29) is 17.9 Å². The van der Waals surface area contributed by atoms with E-state index in [9.17, 15) is 9.59 Å². The fraction of sp³-hybridized carbons (Fsp3) is 0.292. The molecule has 0 aliphatic carbocycles. The van der Waals surface area contributed by atoms with Gasteiger partial charge in [0.25, 0.3) is 11.8 Å². The van der Waals surface area contributed by atoms with Crippen molar-refractivity contribution in [1.82, 2.24) is 14.8 Å². The van der Waals surface area contributed by atoms with Crippen LogP contribution in [0.25, 0.3) is 10.8 Å². The molecule has 154 valence electrons. The Bertz CT molecular complexity index is 1050. The summed E-state index contributed by atoms with van der Waals surface area (Å²) in [5.74, 6) is 0.602. The second-order valence-electron chi connectivity index (χ2n) is 7.61. The zero-order chi connectivity index (χ0) is 21.1.